The number of allylic oxidation sites excluding steroid dienone is 1. The van der Waals surface area contributed by atoms with Crippen LogP contribution in [0.5, 0.6) is 0 Å². The molecule has 1 saturated heterocycles. The molecule has 6 atom stereocenters. The van der Waals surface area contributed by atoms with E-state index in [1.54, 1.807) is 0 Å². The normalized spacial score (nSPS) is 33.3. The van der Waals surface area contributed by atoms with Crippen LogP contribution >= 0.6 is 0 Å². The van der Waals surface area contributed by atoms with Crippen LogP contribution in [-0.2, 0) is 15.7 Å². The van der Waals surface area contributed by atoms with Crippen LogP contribution in [0.3, 0.4) is 0 Å². The highest BCUT2D eigenvalue weighted by Gasteiger charge is 2.75. The number of halogens is 4. The maximum atomic E-state index is 13.4. The highest BCUT2D eigenvalue weighted by Crippen LogP contribution is 2.70. The minimum Gasteiger partial charge on any atom is -0.418 e. The van der Waals surface area contributed by atoms with E-state index in [0.29, 0.717) is 22.6 Å². The van der Waals surface area contributed by atoms with Crippen LogP contribution in [0.15, 0.2) is 12.2 Å². The van der Waals surface area contributed by atoms with E-state index in [1.807, 2.05) is 0 Å². The van der Waals surface area contributed by atoms with E-state index in [4.69, 9.17) is 0 Å². The van der Waals surface area contributed by atoms with Crippen LogP contribution in [0.4, 0.5) is 17.3 Å². The molecule has 1 aliphatic heterocycles. The number of Topliss-reactive ketones (excluding diaryl/α,β-unsaturated/α-hetero) is 1. The Bertz CT molecular complexity index is 763. The number of unbranched alkanes of at least 4 members (excludes halogenated alkanes) is 11. The first-order valence-electron chi connectivity index (χ1n) is 15.8. The number of carbonyl (C=O) groups excluding carboxylic acids is 1. The van der Waals surface area contributed by atoms with Crippen molar-refractivity contribution in [2.24, 2.45) is 22.7 Å². The van der Waals surface area contributed by atoms with Crippen LogP contribution < -0.4 is 0 Å². The molecule has 3 saturated carbocycles. The Kier molecular flexibility index (Phi) is 12.2. The van der Waals surface area contributed by atoms with Gasteiger partial charge in [0.2, 0.25) is 0 Å². The first kappa shape index (κ1) is 32.1. The molecule has 220 valence electrons. The number of fused-ring (bicyclic) bond motifs is 4. The summed E-state index contributed by atoms with van der Waals surface area (Å²) in [4.78, 5) is 13.4. The Labute approximate surface area is 233 Å². The van der Waals surface area contributed by atoms with Gasteiger partial charge in [0.1, 0.15) is 22.0 Å². The lowest BCUT2D eigenvalue weighted by Gasteiger charge is -2.43. The third-order valence-corrected chi connectivity index (χ3v) is 13.8. The molecule has 4 rings (SSSR count). The second kappa shape index (κ2) is 14.4. The van der Waals surface area contributed by atoms with E-state index in [0.717, 1.165) is 22.8 Å². The van der Waals surface area contributed by atoms with Crippen LogP contribution in [0.2, 0.25) is 0 Å². The molecule has 0 amide bonds. The number of carbonyl (C=O) groups is 1. The summed E-state index contributed by atoms with van der Waals surface area (Å²) in [6.45, 7) is 7.23. The Morgan fingerprint density at radius 2 is 1.45 bits per heavy atom. The van der Waals surface area contributed by atoms with Gasteiger partial charge in [-0.15, -0.1) is 0 Å². The molecule has 0 spiro atoms. The summed E-state index contributed by atoms with van der Waals surface area (Å²) in [5, 5.41) is 1.65. The molecule has 0 aromatic rings. The van der Waals surface area contributed by atoms with Crippen molar-refractivity contribution in [3.05, 3.63) is 12.2 Å². The van der Waals surface area contributed by atoms with Crippen LogP contribution in [0, 0.1) is 22.7 Å². The minimum absolute atomic E-state index is 0.0461. The molecule has 0 N–H and O–H groups in total. The summed E-state index contributed by atoms with van der Waals surface area (Å²) in [5.41, 5.74) is 0.300. The maximum absolute atomic E-state index is 13.4. The van der Waals surface area contributed by atoms with Crippen LogP contribution in [0.1, 0.15) is 136 Å². The van der Waals surface area contributed by atoms with Crippen LogP contribution in [0.25, 0.3) is 0 Å². The number of hydrogen-bond acceptors (Lipinski definition) is 1. The first-order valence-corrected chi connectivity index (χ1v) is 17.3. The zero-order valence-electron chi connectivity index (χ0n) is 24.3. The lowest BCUT2D eigenvalue weighted by Crippen LogP contribution is -2.53. The second-order valence-corrected chi connectivity index (χ2v) is 15.5. The van der Waals surface area contributed by atoms with Crippen LogP contribution in [-0.4, -0.2) is 29.3 Å². The fourth-order valence-corrected chi connectivity index (χ4v) is 12.5. The molecule has 4 bridgehead atoms. The second-order valence-electron chi connectivity index (χ2n) is 13.1. The SMILES string of the molecule is CCCCCCCCCCCCC/C=C/C[S+]1[C@H]2CC[C@H](C2)[C@H]1[C@]12CC[C@H](CC1=O)C2(C)C.F[B-](F)(F)F. The Morgan fingerprint density at radius 1 is 0.868 bits per heavy atom. The molecule has 0 radical (unpaired) electrons. The molecule has 7 heteroatoms. The average molecular weight is 561 g/mol. The molecule has 4 aliphatic rings. The third kappa shape index (κ3) is 7.84. The van der Waals surface area contributed by atoms with E-state index in [-0.39, 0.29) is 10.8 Å². The summed E-state index contributed by atoms with van der Waals surface area (Å²) in [5.74, 6) is 3.48. The standard InChI is InChI=1S/C31H53OS.BF4/c1-4-5-6-7-8-9-10-11-12-13-14-15-16-17-22-33-27-19-18-25(23-27)29(33)31-21-20-26(24-28(31)32)30(31,2)3;2-1(3,4)5/h16-17,25-27,29H,4-15,18-24H2,1-3H3;/q+1;-1/b17-16+;/t25-,26-,27+,29+,31+,33?;/m1./s1. The predicted molar refractivity (Wildman–Crippen MR) is 156 cm³/mol. The monoisotopic (exact) mass is 560 g/mol. The predicted octanol–water partition coefficient (Wildman–Crippen LogP) is 10.1. The highest BCUT2D eigenvalue weighted by atomic mass is 32.2. The van der Waals surface area contributed by atoms with Crippen molar-refractivity contribution in [1.29, 1.82) is 0 Å². The van der Waals surface area contributed by atoms with Gasteiger partial charge in [-0.3, -0.25) is 4.79 Å². The van der Waals surface area contributed by atoms with Crippen molar-refractivity contribution in [3.63, 3.8) is 0 Å². The van der Waals surface area contributed by atoms with Crippen molar-refractivity contribution in [2.45, 2.75) is 147 Å². The summed E-state index contributed by atoms with van der Waals surface area (Å²) >= 11 is 0. The summed E-state index contributed by atoms with van der Waals surface area (Å²) in [6.07, 6.45) is 29.7. The minimum atomic E-state index is -6.00. The molecule has 1 unspecified atom stereocenters. The molecule has 38 heavy (non-hydrogen) atoms. The van der Waals surface area contributed by atoms with Gasteiger partial charge in [-0.05, 0) is 66.8 Å². The highest BCUT2D eigenvalue weighted by molar-refractivity contribution is 7.98. The van der Waals surface area contributed by atoms with E-state index in [1.165, 1.54) is 115 Å². The van der Waals surface area contributed by atoms with Gasteiger partial charge < -0.3 is 17.3 Å². The van der Waals surface area contributed by atoms with Gasteiger partial charge >= 0.3 is 7.25 Å². The van der Waals surface area contributed by atoms with E-state index in [9.17, 15) is 22.1 Å². The van der Waals surface area contributed by atoms with E-state index in [2.05, 4.69) is 32.9 Å². The molecule has 3 aliphatic carbocycles. The lowest BCUT2D eigenvalue weighted by molar-refractivity contribution is -0.130. The molecule has 4 fully saturated rings. The third-order valence-electron chi connectivity index (χ3n) is 10.5. The number of ketones is 1. The van der Waals surface area contributed by atoms with E-state index >= 15 is 0 Å². The quantitative estimate of drug-likeness (QED) is 0.0640. The van der Waals surface area contributed by atoms with Gasteiger partial charge in [0.15, 0.2) is 0 Å². The number of rotatable bonds is 15. The molecule has 1 heterocycles. The summed E-state index contributed by atoms with van der Waals surface area (Å²) in [6, 6.07) is 0. The summed E-state index contributed by atoms with van der Waals surface area (Å²) in [7, 11) is -5.55. The lowest BCUT2D eigenvalue weighted by atomic mass is 9.64. The summed E-state index contributed by atoms with van der Waals surface area (Å²) < 4.78 is 39.0. The maximum Gasteiger partial charge on any atom is 0.673 e. The molecular formula is C31H53BF4OS. The zero-order valence-corrected chi connectivity index (χ0v) is 25.1. The largest absolute Gasteiger partial charge is 0.673 e. The average Bonchev–Trinajstić information content (AvgIpc) is 3.55. The smallest absolute Gasteiger partial charge is 0.418 e. The van der Waals surface area contributed by atoms with E-state index < -0.39 is 7.25 Å². The number of hydrogen-bond donors (Lipinski definition) is 0. The fourth-order valence-electron chi connectivity index (χ4n) is 8.48. The first-order chi connectivity index (χ1) is 18.0. The van der Waals surface area contributed by atoms with Crippen molar-refractivity contribution in [1.82, 2.24) is 0 Å². The fraction of sp³-hybridized carbons (Fsp3) is 0.903. The molecule has 0 aromatic carbocycles. The van der Waals surface area contributed by atoms with Crippen molar-refractivity contribution < 1.29 is 22.1 Å². The van der Waals surface area contributed by atoms with Gasteiger partial charge in [0.25, 0.3) is 0 Å². The molecule has 0 aromatic heterocycles. The molecular weight excluding hydrogens is 507 g/mol. The Morgan fingerprint density at radius 3 is 1.97 bits per heavy atom. The Hall–Kier alpha value is -0.455. The van der Waals surface area contributed by atoms with Crippen molar-refractivity contribution in [2.75, 3.05) is 5.75 Å². The zero-order chi connectivity index (χ0) is 27.8. The van der Waals surface area contributed by atoms with Gasteiger partial charge in [-0.1, -0.05) is 91.1 Å². The topological polar surface area (TPSA) is 17.1 Å². The van der Waals surface area contributed by atoms with Crippen molar-refractivity contribution in [3.8, 4) is 0 Å². The van der Waals surface area contributed by atoms with Gasteiger partial charge in [0, 0.05) is 18.8 Å². The van der Waals surface area contributed by atoms with Gasteiger partial charge in [0.05, 0.1) is 5.41 Å². The van der Waals surface area contributed by atoms with Gasteiger partial charge in [-0.2, -0.15) is 0 Å². The molecule has 1 nitrogen and oxygen atoms in total. The Balaban J connectivity index is 0.000000732. The van der Waals surface area contributed by atoms with Gasteiger partial charge in [-0.25, -0.2) is 0 Å². The van der Waals surface area contributed by atoms with Crippen molar-refractivity contribution >= 4 is 23.9 Å².